The molecule has 0 unspecified atom stereocenters. The van der Waals surface area contributed by atoms with Crippen LogP contribution in [0, 0.1) is 0 Å². The summed E-state index contributed by atoms with van der Waals surface area (Å²) >= 11 is 1.37. The van der Waals surface area contributed by atoms with Crippen LogP contribution in [0.2, 0.25) is 18.1 Å². The number of thiophene rings is 1. The molecule has 3 nitrogen and oxygen atoms in total. The van der Waals surface area contributed by atoms with Crippen LogP contribution in [0.5, 0.6) is 11.5 Å². The number of hydrogen-bond acceptors (Lipinski definition) is 4. The fourth-order valence-corrected chi connectivity index (χ4v) is 3.21. The van der Waals surface area contributed by atoms with Gasteiger partial charge in [-0.15, -0.1) is 11.3 Å². The summed E-state index contributed by atoms with van der Waals surface area (Å²) in [6, 6.07) is 10.8. The molecule has 0 radical (unpaired) electrons. The van der Waals surface area contributed by atoms with Crippen LogP contribution in [0.3, 0.4) is 0 Å². The van der Waals surface area contributed by atoms with Crippen LogP contribution in [0.1, 0.15) is 30.4 Å². The van der Waals surface area contributed by atoms with E-state index in [2.05, 4.69) is 33.9 Å². The van der Waals surface area contributed by atoms with Gasteiger partial charge < -0.3 is 9.16 Å². The average molecular weight is 335 g/mol. The first kappa shape index (κ1) is 16.8. The molecule has 0 saturated carbocycles. The molecule has 1 heterocycles. The molecule has 0 aliphatic heterocycles. The summed E-state index contributed by atoms with van der Waals surface area (Å²) < 4.78 is 11.5. The molecule has 0 N–H and O–H groups in total. The zero-order chi connectivity index (χ0) is 16.4. The lowest BCUT2D eigenvalue weighted by molar-refractivity contribution is 0.0739. The maximum absolute atomic E-state index is 11.9. The van der Waals surface area contributed by atoms with E-state index in [1.165, 1.54) is 11.3 Å². The van der Waals surface area contributed by atoms with E-state index < -0.39 is 8.32 Å². The van der Waals surface area contributed by atoms with Gasteiger partial charge in [0.1, 0.15) is 16.4 Å². The molecular formula is C17H22O3SSi. The molecule has 0 atom stereocenters. The third-order valence-electron chi connectivity index (χ3n) is 3.94. The van der Waals surface area contributed by atoms with E-state index in [0.29, 0.717) is 10.6 Å². The first-order valence-corrected chi connectivity index (χ1v) is 11.0. The first-order valence-electron chi connectivity index (χ1n) is 7.24. The second-order valence-electron chi connectivity index (χ2n) is 6.70. The Kier molecular flexibility index (Phi) is 4.77. The minimum Gasteiger partial charge on any atom is -0.543 e. The van der Waals surface area contributed by atoms with Gasteiger partial charge >= 0.3 is 5.97 Å². The van der Waals surface area contributed by atoms with Gasteiger partial charge in [0.2, 0.25) is 8.32 Å². The molecule has 0 aliphatic carbocycles. The van der Waals surface area contributed by atoms with Crippen molar-refractivity contribution in [3.8, 4) is 11.5 Å². The maximum atomic E-state index is 11.9. The van der Waals surface area contributed by atoms with Crippen LogP contribution in [0.15, 0.2) is 41.8 Å². The second kappa shape index (κ2) is 6.26. The molecule has 0 aliphatic rings. The van der Waals surface area contributed by atoms with E-state index in [4.69, 9.17) is 9.16 Å². The Morgan fingerprint density at radius 1 is 1.05 bits per heavy atom. The van der Waals surface area contributed by atoms with Gasteiger partial charge in [0.05, 0.1) is 0 Å². The fraction of sp³-hybridized carbons (Fsp3) is 0.353. The lowest BCUT2D eigenvalue weighted by Crippen LogP contribution is -2.43. The van der Waals surface area contributed by atoms with Gasteiger partial charge in [-0.2, -0.15) is 0 Å². The fourth-order valence-electron chi connectivity index (χ4n) is 1.58. The summed E-state index contributed by atoms with van der Waals surface area (Å²) in [5.41, 5.74) is 0. The zero-order valence-corrected chi connectivity index (χ0v) is 15.5. The highest BCUT2D eigenvalue weighted by atomic mass is 32.1. The topological polar surface area (TPSA) is 35.5 Å². The number of benzene rings is 1. The smallest absolute Gasteiger partial charge is 0.353 e. The van der Waals surface area contributed by atoms with Crippen molar-refractivity contribution >= 4 is 25.6 Å². The van der Waals surface area contributed by atoms with Crippen molar-refractivity contribution in [2.24, 2.45) is 0 Å². The summed E-state index contributed by atoms with van der Waals surface area (Å²) in [6.07, 6.45) is 0. The van der Waals surface area contributed by atoms with E-state index >= 15 is 0 Å². The highest BCUT2D eigenvalue weighted by Crippen LogP contribution is 2.37. The van der Waals surface area contributed by atoms with E-state index in [1.54, 1.807) is 18.2 Å². The molecule has 0 saturated heterocycles. The van der Waals surface area contributed by atoms with Gasteiger partial charge in [0.25, 0.3) is 0 Å². The largest absolute Gasteiger partial charge is 0.543 e. The number of carbonyl (C=O) groups excluding carboxylic acids is 1. The lowest BCUT2D eigenvalue weighted by Gasteiger charge is -2.36. The summed E-state index contributed by atoms with van der Waals surface area (Å²) in [7, 11) is -1.84. The predicted molar refractivity (Wildman–Crippen MR) is 93.5 cm³/mol. The van der Waals surface area contributed by atoms with Crippen LogP contribution in [-0.4, -0.2) is 14.3 Å². The number of rotatable bonds is 4. The van der Waals surface area contributed by atoms with Gasteiger partial charge in [-0.05, 0) is 53.8 Å². The third-order valence-corrected chi connectivity index (χ3v) is 9.14. The van der Waals surface area contributed by atoms with Crippen LogP contribution >= 0.6 is 11.3 Å². The average Bonchev–Trinajstić information content (AvgIpc) is 2.93. The minimum atomic E-state index is -1.84. The van der Waals surface area contributed by atoms with Crippen LogP contribution in [-0.2, 0) is 0 Å². The maximum Gasteiger partial charge on any atom is 0.353 e. The Hall–Kier alpha value is -1.59. The van der Waals surface area contributed by atoms with E-state index in [0.717, 1.165) is 5.75 Å². The normalized spacial score (nSPS) is 12.0. The first-order chi connectivity index (χ1) is 10.2. The van der Waals surface area contributed by atoms with Crippen LogP contribution in [0.25, 0.3) is 0 Å². The third kappa shape index (κ3) is 3.99. The summed E-state index contributed by atoms with van der Waals surface area (Å²) in [5, 5.41) is 2.00. The van der Waals surface area contributed by atoms with Gasteiger partial charge in [-0.3, -0.25) is 0 Å². The molecule has 0 amide bonds. The van der Waals surface area contributed by atoms with Crippen molar-refractivity contribution in [3.05, 3.63) is 46.7 Å². The molecule has 1 aromatic heterocycles. The van der Waals surface area contributed by atoms with Crippen molar-refractivity contribution in [2.45, 2.75) is 38.9 Å². The summed E-state index contributed by atoms with van der Waals surface area (Å²) in [6.45, 7) is 11.0. The van der Waals surface area contributed by atoms with Crippen LogP contribution < -0.4 is 9.16 Å². The number of hydrogen-bond donors (Lipinski definition) is 0. The van der Waals surface area contributed by atoms with Crippen molar-refractivity contribution in [1.29, 1.82) is 0 Å². The van der Waals surface area contributed by atoms with Crippen molar-refractivity contribution in [2.75, 3.05) is 0 Å². The molecular weight excluding hydrogens is 312 g/mol. The minimum absolute atomic E-state index is 0.150. The Balaban J connectivity index is 2.03. The highest BCUT2D eigenvalue weighted by Gasteiger charge is 2.38. The zero-order valence-electron chi connectivity index (χ0n) is 13.7. The van der Waals surface area contributed by atoms with Gasteiger partial charge in [-0.1, -0.05) is 26.8 Å². The predicted octanol–water partition coefficient (Wildman–Crippen LogP) is 5.35. The Labute approximate surface area is 137 Å². The molecule has 22 heavy (non-hydrogen) atoms. The molecule has 118 valence electrons. The van der Waals surface area contributed by atoms with E-state index in [-0.39, 0.29) is 11.0 Å². The molecule has 0 fully saturated rings. The Bertz CT molecular complexity index is 625. The van der Waals surface area contributed by atoms with Gasteiger partial charge in [0.15, 0.2) is 0 Å². The highest BCUT2D eigenvalue weighted by molar-refractivity contribution is 7.12. The van der Waals surface area contributed by atoms with Gasteiger partial charge in [0, 0.05) is 0 Å². The van der Waals surface area contributed by atoms with E-state index in [9.17, 15) is 4.79 Å². The monoisotopic (exact) mass is 334 g/mol. The summed E-state index contributed by atoms with van der Waals surface area (Å²) in [4.78, 5) is 12.5. The van der Waals surface area contributed by atoms with Crippen LogP contribution in [0.4, 0.5) is 0 Å². The molecule has 2 rings (SSSR count). The van der Waals surface area contributed by atoms with Gasteiger partial charge in [-0.25, -0.2) is 4.79 Å². The summed E-state index contributed by atoms with van der Waals surface area (Å²) in [5.74, 6) is 1.02. The van der Waals surface area contributed by atoms with Crippen molar-refractivity contribution < 1.29 is 14.0 Å². The Morgan fingerprint density at radius 3 is 2.14 bits per heavy atom. The Morgan fingerprint density at radius 2 is 1.64 bits per heavy atom. The number of esters is 1. The molecule has 0 spiro atoms. The van der Waals surface area contributed by atoms with Crippen molar-refractivity contribution in [1.82, 2.24) is 0 Å². The SMILES string of the molecule is CC(C)(C)[Si](C)(C)Oc1ccc(OC(=O)c2cccs2)cc1. The molecule has 0 bridgehead atoms. The quantitative estimate of drug-likeness (QED) is 0.429. The standard InChI is InChI=1S/C17H22O3SSi/c1-17(2,3)22(4,5)20-14-10-8-13(9-11-14)19-16(18)15-7-6-12-21-15/h6-12H,1-5H3. The second-order valence-corrected chi connectivity index (χ2v) is 12.4. The molecule has 1 aromatic carbocycles. The number of ether oxygens (including phenoxy) is 1. The number of carbonyl (C=O) groups is 1. The molecule has 2 aromatic rings. The lowest BCUT2D eigenvalue weighted by atomic mass is 10.2. The van der Waals surface area contributed by atoms with E-state index in [1.807, 2.05) is 23.6 Å². The van der Waals surface area contributed by atoms with Crippen molar-refractivity contribution in [3.63, 3.8) is 0 Å². The molecule has 5 heteroatoms.